The predicted molar refractivity (Wildman–Crippen MR) is 73.0 cm³/mol. The maximum Gasteiger partial charge on any atom is 0.410 e. The Morgan fingerprint density at radius 3 is 2.47 bits per heavy atom. The van der Waals surface area contributed by atoms with E-state index in [4.69, 9.17) is 4.74 Å². The van der Waals surface area contributed by atoms with Crippen molar-refractivity contribution in [1.82, 2.24) is 10.2 Å². The molecule has 1 heterocycles. The molecule has 110 valence electrons. The van der Waals surface area contributed by atoms with Crippen LogP contribution in [-0.2, 0) is 4.74 Å². The molecule has 2 N–H and O–H groups in total. The summed E-state index contributed by atoms with van der Waals surface area (Å²) < 4.78 is 5.34. The summed E-state index contributed by atoms with van der Waals surface area (Å²) in [7, 11) is 0. The zero-order valence-electron chi connectivity index (χ0n) is 12.2. The maximum atomic E-state index is 12.0. The fraction of sp³-hybridized carbons (Fsp3) is 0.929. The third-order valence-corrected chi connectivity index (χ3v) is 3.75. The number of aliphatic hydroxyl groups is 1. The van der Waals surface area contributed by atoms with Gasteiger partial charge in [0.2, 0.25) is 0 Å². The molecule has 1 saturated carbocycles. The molecule has 5 nitrogen and oxygen atoms in total. The standard InChI is InChI=1S/C14H26N2O3/c1-14(2,3)19-13(18)16-8-11(12(17)9-16)15-10-6-4-5-7-10/h10-12,15,17H,4-9H2,1-3H3. The van der Waals surface area contributed by atoms with Crippen molar-refractivity contribution in [1.29, 1.82) is 0 Å². The van der Waals surface area contributed by atoms with Gasteiger partial charge >= 0.3 is 6.09 Å². The Kier molecular flexibility index (Phi) is 4.36. The lowest BCUT2D eigenvalue weighted by atomic mass is 10.1. The van der Waals surface area contributed by atoms with Crippen LogP contribution in [0.2, 0.25) is 0 Å². The number of β-amino-alcohol motifs (C(OH)–C–C–N with tert-alkyl or cyclic N) is 1. The first kappa shape index (κ1) is 14.6. The molecule has 2 rings (SSSR count). The summed E-state index contributed by atoms with van der Waals surface area (Å²) in [6.07, 6.45) is 4.05. The van der Waals surface area contributed by atoms with Crippen LogP contribution in [0.25, 0.3) is 0 Å². The lowest BCUT2D eigenvalue weighted by molar-refractivity contribution is 0.0270. The summed E-state index contributed by atoms with van der Waals surface area (Å²) >= 11 is 0. The van der Waals surface area contributed by atoms with Crippen molar-refractivity contribution in [2.75, 3.05) is 13.1 Å². The van der Waals surface area contributed by atoms with Crippen molar-refractivity contribution in [3.8, 4) is 0 Å². The first-order chi connectivity index (χ1) is 8.85. The van der Waals surface area contributed by atoms with Gasteiger partial charge in [-0.05, 0) is 33.6 Å². The normalized spacial score (nSPS) is 28.9. The van der Waals surface area contributed by atoms with Gasteiger partial charge in [-0.1, -0.05) is 12.8 Å². The minimum atomic E-state index is -0.492. The van der Waals surface area contributed by atoms with Gasteiger partial charge in [-0.3, -0.25) is 0 Å². The number of carbonyl (C=O) groups is 1. The summed E-state index contributed by atoms with van der Waals surface area (Å²) in [4.78, 5) is 13.6. The lowest BCUT2D eigenvalue weighted by Crippen LogP contribution is -2.44. The lowest BCUT2D eigenvalue weighted by Gasteiger charge is -2.24. The van der Waals surface area contributed by atoms with Crippen molar-refractivity contribution in [3.63, 3.8) is 0 Å². The van der Waals surface area contributed by atoms with Gasteiger partial charge in [0, 0.05) is 12.6 Å². The summed E-state index contributed by atoms with van der Waals surface area (Å²) in [5.74, 6) is 0. The number of nitrogens with one attached hydrogen (secondary N) is 1. The van der Waals surface area contributed by atoms with Gasteiger partial charge in [-0.2, -0.15) is 0 Å². The molecule has 5 heteroatoms. The number of hydrogen-bond acceptors (Lipinski definition) is 4. The molecule has 2 atom stereocenters. The maximum absolute atomic E-state index is 12.0. The first-order valence-corrected chi connectivity index (χ1v) is 7.27. The highest BCUT2D eigenvalue weighted by Crippen LogP contribution is 2.21. The molecule has 2 aliphatic rings. The molecular formula is C14H26N2O3. The van der Waals surface area contributed by atoms with Gasteiger partial charge in [0.05, 0.1) is 18.7 Å². The van der Waals surface area contributed by atoms with Gasteiger partial charge in [0.1, 0.15) is 5.60 Å². The summed E-state index contributed by atoms with van der Waals surface area (Å²) in [5.41, 5.74) is -0.487. The van der Waals surface area contributed by atoms with Crippen molar-refractivity contribution in [2.45, 2.75) is 70.2 Å². The van der Waals surface area contributed by atoms with E-state index in [1.807, 2.05) is 20.8 Å². The zero-order valence-corrected chi connectivity index (χ0v) is 12.2. The Labute approximate surface area is 115 Å². The minimum absolute atomic E-state index is 0.0179. The van der Waals surface area contributed by atoms with Crippen molar-refractivity contribution in [3.05, 3.63) is 0 Å². The molecule has 0 radical (unpaired) electrons. The summed E-state index contributed by atoms with van der Waals surface area (Å²) in [6, 6.07) is 0.480. The highest BCUT2D eigenvalue weighted by atomic mass is 16.6. The van der Waals surface area contributed by atoms with E-state index in [-0.39, 0.29) is 12.1 Å². The number of nitrogens with zero attached hydrogens (tertiary/aromatic N) is 1. The van der Waals surface area contributed by atoms with Crippen molar-refractivity contribution in [2.24, 2.45) is 0 Å². The van der Waals surface area contributed by atoms with Crippen molar-refractivity contribution >= 4 is 6.09 Å². The van der Waals surface area contributed by atoms with Gasteiger partial charge in [-0.15, -0.1) is 0 Å². The molecule has 1 saturated heterocycles. The van der Waals surface area contributed by atoms with E-state index >= 15 is 0 Å². The molecule has 1 amide bonds. The molecule has 1 aliphatic carbocycles. The molecular weight excluding hydrogens is 244 g/mol. The van der Waals surface area contributed by atoms with E-state index in [9.17, 15) is 9.90 Å². The van der Waals surface area contributed by atoms with E-state index in [1.54, 1.807) is 4.90 Å². The van der Waals surface area contributed by atoms with E-state index in [1.165, 1.54) is 25.7 Å². The fourth-order valence-corrected chi connectivity index (χ4v) is 2.82. The second kappa shape index (κ2) is 5.67. The molecule has 0 aromatic rings. The SMILES string of the molecule is CC(C)(C)OC(=O)N1CC(O)C(NC2CCCC2)C1. The smallest absolute Gasteiger partial charge is 0.410 e. The van der Waals surface area contributed by atoms with Gasteiger partial charge in [0.15, 0.2) is 0 Å². The first-order valence-electron chi connectivity index (χ1n) is 7.27. The average Bonchev–Trinajstić information content (AvgIpc) is 2.88. The van der Waals surface area contributed by atoms with E-state index < -0.39 is 11.7 Å². The molecule has 1 aliphatic heterocycles. The molecule has 0 spiro atoms. The number of likely N-dealkylation sites (tertiary alicyclic amines) is 1. The number of aliphatic hydroxyl groups excluding tert-OH is 1. The monoisotopic (exact) mass is 270 g/mol. The zero-order chi connectivity index (χ0) is 14.0. The molecule has 0 aromatic carbocycles. The number of rotatable bonds is 2. The Balaban J connectivity index is 1.84. The molecule has 2 fully saturated rings. The second-order valence-corrected chi connectivity index (χ2v) is 6.71. The van der Waals surface area contributed by atoms with E-state index in [0.717, 1.165) is 0 Å². The quantitative estimate of drug-likeness (QED) is 0.798. The fourth-order valence-electron chi connectivity index (χ4n) is 2.82. The van der Waals surface area contributed by atoms with Gasteiger partial charge < -0.3 is 20.1 Å². The highest BCUT2D eigenvalue weighted by molar-refractivity contribution is 5.68. The molecule has 0 aromatic heterocycles. The Bertz CT molecular complexity index is 321. The number of hydrogen-bond donors (Lipinski definition) is 2. The van der Waals surface area contributed by atoms with Crippen LogP contribution in [-0.4, -0.2) is 53.0 Å². The second-order valence-electron chi connectivity index (χ2n) is 6.71. The third-order valence-electron chi connectivity index (χ3n) is 3.75. The van der Waals surface area contributed by atoms with Crippen LogP contribution in [0.15, 0.2) is 0 Å². The van der Waals surface area contributed by atoms with Crippen LogP contribution in [0.4, 0.5) is 4.79 Å². The van der Waals surface area contributed by atoms with Crippen LogP contribution in [0, 0.1) is 0 Å². The Hall–Kier alpha value is -0.810. The average molecular weight is 270 g/mol. The van der Waals surface area contributed by atoms with Crippen LogP contribution >= 0.6 is 0 Å². The van der Waals surface area contributed by atoms with Crippen LogP contribution in [0.5, 0.6) is 0 Å². The number of ether oxygens (including phenoxy) is 1. The Morgan fingerprint density at radius 1 is 1.26 bits per heavy atom. The van der Waals surface area contributed by atoms with Gasteiger partial charge in [0.25, 0.3) is 0 Å². The largest absolute Gasteiger partial charge is 0.444 e. The topological polar surface area (TPSA) is 61.8 Å². The van der Waals surface area contributed by atoms with Crippen LogP contribution < -0.4 is 5.32 Å². The predicted octanol–water partition coefficient (Wildman–Crippen LogP) is 1.50. The molecule has 19 heavy (non-hydrogen) atoms. The van der Waals surface area contributed by atoms with Crippen LogP contribution in [0.3, 0.4) is 0 Å². The number of amides is 1. The summed E-state index contributed by atoms with van der Waals surface area (Å²) in [5, 5.41) is 13.5. The highest BCUT2D eigenvalue weighted by Gasteiger charge is 2.37. The van der Waals surface area contributed by atoms with Crippen molar-refractivity contribution < 1.29 is 14.6 Å². The van der Waals surface area contributed by atoms with Crippen LogP contribution in [0.1, 0.15) is 46.5 Å². The Morgan fingerprint density at radius 2 is 1.89 bits per heavy atom. The molecule has 2 unspecified atom stereocenters. The summed E-state index contributed by atoms with van der Waals surface area (Å²) in [6.45, 7) is 6.45. The van der Waals surface area contributed by atoms with E-state index in [2.05, 4.69) is 5.32 Å². The third kappa shape index (κ3) is 4.08. The van der Waals surface area contributed by atoms with Gasteiger partial charge in [-0.25, -0.2) is 4.79 Å². The minimum Gasteiger partial charge on any atom is -0.444 e. The van der Waals surface area contributed by atoms with E-state index in [0.29, 0.717) is 19.1 Å². The number of carbonyl (C=O) groups excluding carboxylic acids is 1. The molecule has 0 bridgehead atoms.